The summed E-state index contributed by atoms with van der Waals surface area (Å²) in [6.07, 6.45) is 5.11. The Morgan fingerprint density at radius 1 is 1.12 bits per heavy atom. The first kappa shape index (κ1) is 24.0. The number of hydrogen-bond donors (Lipinski definition) is 0. The van der Waals surface area contributed by atoms with Crippen molar-refractivity contribution < 1.29 is 30.9 Å². The zero-order chi connectivity index (χ0) is 18.0. The van der Waals surface area contributed by atoms with Gasteiger partial charge in [0.05, 0.1) is 42.6 Å². The highest BCUT2D eigenvalue weighted by Crippen LogP contribution is 2.38. The Morgan fingerprint density at radius 2 is 1.72 bits per heavy atom. The predicted octanol–water partition coefficient (Wildman–Crippen LogP) is 3.59. The summed E-state index contributed by atoms with van der Waals surface area (Å²) in [6.45, 7) is 3.90. The van der Waals surface area contributed by atoms with E-state index in [9.17, 15) is 0 Å². The Balaban J connectivity index is 0.00000312. The molecule has 0 N–H and O–H groups in total. The average molecular weight is 672 g/mol. The van der Waals surface area contributed by atoms with Crippen molar-refractivity contribution in [3.8, 4) is 5.75 Å². The van der Waals surface area contributed by atoms with Crippen LogP contribution in [-0.4, -0.2) is 37.5 Å². The minimum absolute atomic E-state index is 0. The summed E-state index contributed by atoms with van der Waals surface area (Å²) in [7, 11) is 4.45. The summed E-state index contributed by atoms with van der Waals surface area (Å²) in [5.74, 6) is 0.853. The lowest BCUT2D eigenvalue weighted by Crippen LogP contribution is -3.00. The topological polar surface area (TPSA) is 18.5 Å². The van der Waals surface area contributed by atoms with Crippen LogP contribution in [0.25, 0.3) is 0 Å². The van der Waals surface area contributed by atoms with Crippen molar-refractivity contribution in [2.75, 3.05) is 27.2 Å². The van der Waals surface area contributed by atoms with Gasteiger partial charge in [-0.1, -0.05) is 15.9 Å². The summed E-state index contributed by atoms with van der Waals surface area (Å²) in [4.78, 5) is 0. The third kappa shape index (κ3) is 6.21. The number of benzene rings is 1. The van der Waals surface area contributed by atoms with E-state index in [1.807, 2.05) is 12.1 Å². The average Bonchev–Trinajstić information content (AvgIpc) is 2.82. The van der Waals surface area contributed by atoms with Crippen molar-refractivity contribution in [1.29, 1.82) is 0 Å². The van der Waals surface area contributed by atoms with E-state index in [0.717, 1.165) is 54.1 Å². The zero-order valence-electron chi connectivity index (χ0n) is 14.4. The lowest BCUT2D eigenvalue weighted by molar-refractivity contribution is -0.962. The molecule has 1 aromatic carbocycles. The van der Waals surface area contributed by atoms with Crippen LogP contribution < -0.4 is 21.7 Å². The van der Waals surface area contributed by atoms with E-state index in [-0.39, 0.29) is 22.7 Å². The molecule has 3 nitrogen and oxygen atoms in total. The quantitative estimate of drug-likeness (QED) is 0.326. The summed E-state index contributed by atoms with van der Waals surface area (Å²) >= 11 is 14.0. The molecule has 2 rings (SSSR count). The smallest absolute Gasteiger partial charge is 0.244 e. The van der Waals surface area contributed by atoms with Crippen LogP contribution in [0.3, 0.4) is 0 Å². The summed E-state index contributed by atoms with van der Waals surface area (Å²) in [6, 6.07) is 3.98. The van der Waals surface area contributed by atoms with Gasteiger partial charge in [0.2, 0.25) is 5.72 Å². The fourth-order valence-corrected chi connectivity index (χ4v) is 5.62. The van der Waals surface area contributed by atoms with E-state index >= 15 is 0 Å². The van der Waals surface area contributed by atoms with E-state index in [4.69, 9.17) is 9.47 Å². The summed E-state index contributed by atoms with van der Waals surface area (Å²) in [5.41, 5.74) is -0.197. The lowest BCUT2D eigenvalue weighted by Gasteiger charge is -2.43. The monoisotopic (exact) mass is 667 g/mol. The number of ether oxygens (including phenoxy) is 2. The normalized spacial score (nSPS) is 19.9. The van der Waals surface area contributed by atoms with Gasteiger partial charge in [0.1, 0.15) is 5.75 Å². The van der Waals surface area contributed by atoms with Crippen LogP contribution in [0.15, 0.2) is 36.3 Å². The molecule has 1 aromatic rings. The van der Waals surface area contributed by atoms with Crippen molar-refractivity contribution in [2.24, 2.45) is 0 Å². The Kier molecular flexibility index (Phi) is 9.50. The number of unbranched alkanes of at least 4 members (excludes halogenated alkanes) is 1. The van der Waals surface area contributed by atoms with E-state index in [1.54, 1.807) is 0 Å². The van der Waals surface area contributed by atoms with Gasteiger partial charge in [-0.05, 0) is 78.8 Å². The molecule has 0 aromatic heterocycles. The van der Waals surface area contributed by atoms with Crippen LogP contribution in [0.5, 0.6) is 5.75 Å². The van der Waals surface area contributed by atoms with Gasteiger partial charge in [-0.25, -0.2) is 0 Å². The summed E-state index contributed by atoms with van der Waals surface area (Å²) in [5, 5.41) is 0. The number of nitrogens with zero attached hydrogens (tertiary/aromatic N) is 1. The third-order valence-electron chi connectivity index (χ3n) is 4.56. The van der Waals surface area contributed by atoms with Crippen molar-refractivity contribution in [3.05, 3.63) is 36.3 Å². The molecular formula is C17H22Br5NO2. The molecule has 0 aliphatic carbocycles. The molecule has 0 radical (unpaired) electrons. The van der Waals surface area contributed by atoms with Crippen LogP contribution in [-0.2, 0) is 4.74 Å². The van der Waals surface area contributed by atoms with Crippen molar-refractivity contribution >= 4 is 63.7 Å². The first-order valence-corrected chi connectivity index (χ1v) is 11.0. The third-order valence-corrected chi connectivity index (χ3v) is 6.68. The number of quaternary nitrogens is 1. The van der Waals surface area contributed by atoms with E-state index < -0.39 is 0 Å². The second-order valence-electron chi connectivity index (χ2n) is 6.65. The molecule has 0 fully saturated rings. The van der Waals surface area contributed by atoms with Crippen LogP contribution in [0.2, 0.25) is 0 Å². The number of hydrogen-bond acceptors (Lipinski definition) is 2. The first-order valence-electron chi connectivity index (χ1n) is 7.80. The fourth-order valence-electron chi connectivity index (χ4n) is 2.62. The maximum absolute atomic E-state index is 5.98. The largest absolute Gasteiger partial charge is 1.00 e. The van der Waals surface area contributed by atoms with Gasteiger partial charge >= 0.3 is 0 Å². The Morgan fingerprint density at radius 3 is 2.24 bits per heavy atom. The molecule has 25 heavy (non-hydrogen) atoms. The molecule has 0 saturated carbocycles. The minimum Gasteiger partial charge on any atom is -1.00 e. The maximum atomic E-state index is 5.98. The fraction of sp³-hybridized carbons (Fsp3) is 0.529. The highest BCUT2D eigenvalue weighted by molar-refractivity contribution is 9.12. The standard InChI is InChI=1S/C17H22Br4NO2.BrH/c1-17(7-6-15(21)24-17)22(2,3)8-4-5-9-23-16-13(19)10-12(18)11-14(16)20;/h6,10-11H,4-5,7-9H2,1-3H3;1H/q+1;/p-1. The molecular weight excluding hydrogens is 650 g/mol. The van der Waals surface area contributed by atoms with Gasteiger partial charge in [-0.15, -0.1) is 0 Å². The highest BCUT2D eigenvalue weighted by Gasteiger charge is 2.45. The van der Waals surface area contributed by atoms with Gasteiger partial charge < -0.3 is 26.5 Å². The van der Waals surface area contributed by atoms with Crippen LogP contribution >= 0.6 is 63.7 Å². The number of rotatable bonds is 7. The zero-order valence-corrected chi connectivity index (χ0v) is 22.4. The molecule has 1 atom stereocenters. The molecule has 8 heteroatoms. The van der Waals surface area contributed by atoms with Gasteiger partial charge in [0.15, 0.2) is 4.67 Å². The number of halogens is 5. The Labute approximate surface area is 194 Å². The van der Waals surface area contributed by atoms with Gasteiger partial charge in [-0.2, -0.15) is 0 Å². The van der Waals surface area contributed by atoms with E-state index in [2.05, 4.69) is 90.8 Å². The van der Waals surface area contributed by atoms with Gasteiger partial charge in [0, 0.05) is 11.4 Å². The molecule has 1 aliphatic rings. The van der Waals surface area contributed by atoms with Crippen LogP contribution in [0.4, 0.5) is 0 Å². The van der Waals surface area contributed by atoms with Crippen LogP contribution in [0, 0.1) is 0 Å². The molecule has 0 spiro atoms. The second-order valence-corrected chi connectivity index (χ2v) is 10.1. The Hall–Kier alpha value is 0.920. The molecule has 1 aliphatic heterocycles. The molecule has 0 bridgehead atoms. The van der Waals surface area contributed by atoms with Crippen molar-refractivity contribution in [3.63, 3.8) is 0 Å². The van der Waals surface area contributed by atoms with Crippen LogP contribution in [0.1, 0.15) is 26.2 Å². The first-order chi connectivity index (χ1) is 11.1. The molecule has 1 heterocycles. The van der Waals surface area contributed by atoms with Gasteiger partial charge in [0.25, 0.3) is 0 Å². The molecule has 142 valence electrons. The SMILES string of the molecule is CC1([N+](C)(C)CCCCOc2c(Br)cc(Br)cc2Br)CC=C(Br)O1.[Br-]. The summed E-state index contributed by atoms with van der Waals surface area (Å²) < 4.78 is 16.5. The highest BCUT2D eigenvalue weighted by atomic mass is 79.9. The van der Waals surface area contributed by atoms with E-state index in [1.165, 1.54) is 0 Å². The maximum Gasteiger partial charge on any atom is 0.244 e. The van der Waals surface area contributed by atoms with E-state index in [0.29, 0.717) is 6.61 Å². The van der Waals surface area contributed by atoms with Gasteiger partial charge in [-0.3, -0.25) is 4.48 Å². The lowest BCUT2D eigenvalue weighted by atomic mass is 10.1. The Bertz CT molecular complexity index is 612. The second kappa shape index (κ2) is 9.92. The molecule has 0 amide bonds. The molecule has 0 saturated heterocycles. The predicted molar refractivity (Wildman–Crippen MR) is 112 cm³/mol. The van der Waals surface area contributed by atoms with Crippen molar-refractivity contribution in [2.45, 2.75) is 31.9 Å². The minimum atomic E-state index is -0.197. The van der Waals surface area contributed by atoms with Crippen molar-refractivity contribution in [1.82, 2.24) is 0 Å². The molecule has 1 unspecified atom stereocenters.